The van der Waals surface area contributed by atoms with Crippen LogP contribution in [0.15, 0.2) is 71.8 Å². The summed E-state index contributed by atoms with van der Waals surface area (Å²) in [5.74, 6) is -0.952. The molecule has 0 fully saturated rings. The number of aromatic nitrogens is 1. The number of ether oxygens (including phenoxy) is 1. The van der Waals surface area contributed by atoms with Crippen LogP contribution in [0.2, 0.25) is 0 Å². The van der Waals surface area contributed by atoms with E-state index < -0.39 is 21.8 Å². The molecule has 0 saturated carbocycles. The fraction of sp³-hybridized carbons (Fsp3) is 0.154. The minimum atomic E-state index is -4.12. The number of para-hydroxylation sites is 1. The zero-order valence-corrected chi connectivity index (χ0v) is 22.7. The largest absolute Gasteiger partial charge is 0.494 e. The lowest BCUT2D eigenvalue weighted by Gasteiger charge is -2.23. The number of hydrazone groups is 1. The quantitative estimate of drug-likeness (QED) is 0.144. The van der Waals surface area contributed by atoms with E-state index in [0.717, 1.165) is 10.2 Å². The number of Topliss-reactive ketones (excluding diaryl/α,β-unsaturated/α-hetero) is 1. The summed E-state index contributed by atoms with van der Waals surface area (Å²) in [6.07, 6.45) is 0.00595. The number of methoxy groups -OCH3 is 1. The molecule has 5 rings (SSSR count). The number of rotatable bonds is 10. The molecule has 0 spiro atoms. The topological polar surface area (TPSA) is 166 Å². The van der Waals surface area contributed by atoms with Crippen LogP contribution in [-0.4, -0.2) is 53.5 Å². The van der Waals surface area contributed by atoms with E-state index >= 15 is 0 Å². The third-order valence-corrected chi connectivity index (χ3v) is 7.91. The Morgan fingerprint density at radius 3 is 2.45 bits per heavy atom. The lowest BCUT2D eigenvalue weighted by Crippen LogP contribution is -2.96. The highest BCUT2D eigenvalue weighted by Gasteiger charge is 2.35. The van der Waals surface area contributed by atoms with Crippen LogP contribution in [0.4, 0.5) is 10.8 Å². The molecule has 1 aromatic heterocycles. The number of quaternary nitrogens is 1. The van der Waals surface area contributed by atoms with E-state index in [1.807, 2.05) is 24.3 Å². The second kappa shape index (κ2) is 11.0. The molecule has 0 unspecified atom stereocenters. The van der Waals surface area contributed by atoms with Crippen molar-refractivity contribution in [2.24, 2.45) is 5.10 Å². The summed E-state index contributed by atoms with van der Waals surface area (Å²) in [6.45, 7) is 0. The number of thiazole rings is 1. The average molecular weight is 583 g/mol. The third-order valence-electron chi connectivity index (χ3n) is 6.08. The molecule has 1 aliphatic heterocycles. The zero-order chi connectivity index (χ0) is 28.4. The van der Waals surface area contributed by atoms with E-state index in [4.69, 9.17) is 19.4 Å². The predicted molar refractivity (Wildman–Crippen MR) is 149 cm³/mol. The van der Waals surface area contributed by atoms with Crippen molar-refractivity contribution in [2.75, 3.05) is 23.1 Å². The predicted octanol–water partition coefficient (Wildman–Crippen LogP) is 2.94. The first kappa shape index (κ1) is 27.2. The molecular weight excluding hydrogens is 558 g/mol. The van der Waals surface area contributed by atoms with E-state index in [9.17, 15) is 23.1 Å². The smallest absolute Gasteiger partial charge is 0.335 e. The number of carbonyl (C=O) groups excluding carboxylic acids is 1. The van der Waals surface area contributed by atoms with Crippen LogP contribution in [0, 0.1) is 0 Å². The molecule has 4 aromatic rings. The maximum atomic E-state index is 12.5. The first-order valence-electron chi connectivity index (χ1n) is 12.0. The number of nitrogens with two attached hydrogens (primary N) is 1. The normalized spacial score (nSPS) is 13.5. The molecule has 0 bridgehead atoms. The van der Waals surface area contributed by atoms with Crippen LogP contribution in [0.3, 0.4) is 0 Å². The standard InChI is InChI=1S/C26H23N5O7S2/c1-38-22-15-18(25(33)34)12-13-20(22)30-28-24(29-31(30)26-27-19-5-2-3-7-23(19)39-26)17-10-8-16(9-11-17)21(32)6-4-14-40(35,36)37/h2-3,5,7-13,15H,4,6,14H2,1H3,(H,28,29)(H,33,34)(H,35,36,37)/p+1. The summed E-state index contributed by atoms with van der Waals surface area (Å²) < 4.78 is 37.2. The van der Waals surface area contributed by atoms with Gasteiger partial charge in [-0.05, 0) is 48.9 Å². The van der Waals surface area contributed by atoms with Gasteiger partial charge in [0.05, 0.1) is 34.2 Å². The van der Waals surface area contributed by atoms with Crippen molar-refractivity contribution in [2.45, 2.75) is 12.8 Å². The van der Waals surface area contributed by atoms with Gasteiger partial charge in [-0.25, -0.2) is 9.78 Å². The Morgan fingerprint density at radius 1 is 1.05 bits per heavy atom. The highest BCUT2D eigenvalue weighted by molar-refractivity contribution is 7.85. The second-order valence-electron chi connectivity index (χ2n) is 8.79. The molecular formula is C26H24N5O7S2+. The van der Waals surface area contributed by atoms with Crippen molar-refractivity contribution in [1.29, 1.82) is 0 Å². The van der Waals surface area contributed by atoms with Gasteiger partial charge in [-0.3, -0.25) is 9.35 Å². The van der Waals surface area contributed by atoms with Gasteiger partial charge in [0.25, 0.3) is 21.1 Å². The van der Waals surface area contributed by atoms with Crippen molar-refractivity contribution in [3.8, 4) is 5.75 Å². The summed E-state index contributed by atoms with van der Waals surface area (Å²) in [4.78, 5) is 28.7. The third kappa shape index (κ3) is 5.79. The monoisotopic (exact) mass is 582 g/mol. The number of carboxylic acids is 1. The van der Waals surface area contributed by atoms with Crippen molar-refractivity contribution >= 4 is 60.1 Å². The van der Waals surface area contributed by atoms with Gasteiger partial charge in [0, 0.05) is 12.0 Å². The van der Waals surface area contributed by atoms with E-state index in [0.29, 0.717) is 33.5 Å². The Bertz CT molecular complexity index is 1700. The van der Waals surface area contributed by atoms with Gasteiger partial charge in [-0.1, -0.05) is 45.8 Å². The zero-order valence-electron chi connectivity index (χ0n) is 21.1. The second-order valence-corrected chi connectivity index (χ2v) is 11.4. The molecule has 206 valence electrons. The summed E-state index contributed by atoms with van der Waals surface area (Å²) in [5, 5.41) is 18.1. The van der Waals surface area contributed by atoms with Crippen molar-refractivity contribution in [3.05, 3.63) is 83.4 Å². The van der Waals surface area contributed by atoms with Gasteiger partial charge in [0.1, 0.15) is 11.4 Å². The molecule has 12 nitrogen and oxygen atoms in total. The first-order chi connectivity index (χ1) is 19.1. The fourth-order valence-electron chi connectivity index (χ4n) is 4.11. The maximum absolute atomic E-state index is 12.5. The highest BCUT2D eigenvalue weighted by Crippen LogP contribution is 2.35. The summed E-state index contributed by atoms with van der Waals surface area (Å²) in [6, 6.07) is 18.9. The molecule has 1 aliphatic rings. The first-order valence-corrected chi connectivity index (χ1v) is 14.4. The molecule has 0 amide bonds. The average Bonchev–Trinajstić information content (AvgIpc) is 3.56. The van der Waals surface area contributed by atoms with E-state index in [1.165, 1.54) is 30.6 Å². The van der Waals surface area contributed by atoms with Crippen molar-refractivity contribution in [3.63, 3.8) is 0 Å². The Kier molecular flexibility index (Phi) is 7.49. The highest BCUT2D eigenvalue weighted by atomic mass is 32.2. The Labute approximate surface area is 232 Å². The van der Waals surface area contributed by atoms with E-state index in [2.05, 4.69) is 0 Å². The molecule has 0 saturated heterocycles. The lowest BCUT2D eigenvalue weighted by atomic mass is 10.0. The number of hydrazine groups is 1. The fourth-order valence-corrected chi connectivity index (χ4v) is 5.54. The molecule has 40 heavy (non-hydrogen) atoms. The number of anilines is 2. The Hall–Kier alpha value is -4.37. The minimum absolute atomic E-state index is 0.0164. The number of hydrogen-bond donors (Lipinski definition) is 3. The number of carboxylic acid groups (broad SMARTS) is 1. The molecule has 2 heterocycles. The Morgan fingerprint density at radius 2 is 1.77 bits per heavy atom. The molecule has 0 radical (unpaired) electrons. The van der Waals surface area contributed by atoms with Crippen LogP contribution in [0.5, 0.6) is 5.75 Å². The number of nitrogens with zero attached hydrogens (tertiary/aromatic N) is 4. The summed E-state index contributed by atoms with van der Waals surface area (Å²) in [7, 11) is -2.67. The van der Waals surface area contributed by atoms with Gasteiger partial charge in [-0.15, -0.1) is 5.12 Å². The number of aromatic carboxylic acids is 1. The molecule has 3 aromatic carbocycles. The van der Waals surface area contributed by atoms with Crippen molar-refractivity contribution in [1.82, 2.24) is 4.98 Å². The molecule has 4 N–H and O–H groups in total. The van der Waals surface area contributed by atoms with Gasteiger partial charge >= 0.3 is 5.97 Å². The number of ketones is 1. The van der Waals surface area contributed by atoms with Gasteiger partial charge in [0.2, 0.25) is 0 Å². The number of hydrogen-bond acceptors (Lipinski definition) is 10. The number of carbonyl (C=O) groups is 2. The maximum Gasteiger partial charge on any atom is 0.335 e. The number of amidine groups is 1. The molecule has 0 atom stereocenters. The van der Waals surface area contributed by atoms with E-state index in [1.54, 1.807) is 46.0 Å². The van der Waals surface area contributed by atoms with Crippen molar-refractivity contribution < 1.29 is 37.8 Å². The van der Waals surface area contributed by atoms with Crippen LogP contribution in [0.1, 0.15) is 39.1 Å². The van der Waals surface area contributed by atoms with Crippen LogP contribution >= 0.6 is 11.3 Å². The van der Waals surface area contributed by atoms with Gasteiger partial charge in [-0.2, -0.15) is 13.8 Å². The van der Waals surface area contributed by atoms with Crippen LogP contribution in [0.25, 0.3) is 10.2 Å². The lowest BCUT2D eigenvalue weighted by molar-refractivity contribution is -0.545. The minimum Gasteiger partial charge on any atom is -0.494 e. The summed E-state index contributed by atoms with van der Waals surface area (Å²) >= 11 is 1.46. The van der Waals surface area contributed by atoms with E-state index in [-0.39, 0.29) is 24.2 Å². The number of fused-ring (bicyclic) bond motifs is 1. The van der Waals surface area contributed by atoms with Crippen LogP contribution < -0.4 is 20.4 Å². The SMILES string of the molecule is COc1cc(C(=O)O)ccc1N1N=C(c2ccc(C(=O)CCCS(=O)(=O)O)cc2)[NH2+]N1c1nc2ccccc2s1. The Balaban J connectivity index is 1.47. The van der Waals surface area contributed by atoms with Gasteiger partial charge < -0.3 is 9.84 Å². The summed E-state index contributed by atoms with van der Waals surface area (Å²) in [5.41, 5.74) is 4.26. The molecule has 0 aliphatic carbocycles. The molecule has 14 heteroatoms. The van der Waals surface area contributed by atoms with Gasteiger partial charge in [0.15, 0.2) is 5.78 Å². The number of benzene rings is 3. The van der Waals surface area contributed by atoms with Crippen LogP contribution in [-0.2, 0) is 10.1 Å².